The zero-order chi connectivity index (χ0) is 17.7. The molecule has 0 aliphatic heterocycles. The molecule has 7 heteroatoms. The number of anilines is 1. The number of halogens is 1. The Labute approximate surface area is 147 Å². The van der Waals surface area contributed by atoms with E-state index in [1.807, 2.05) is 6.92 Å². The van der Waals surface area contributed by atoms with E-state index in [0.717, 1.165) is 0 Å². The summed E-state index contributed by atoms with van der Waals surface area (Å²) in [6, 6.07) is 12.4. The number of amides is 1. The first-order chi connectivity index (χ1) is 11.3. The van der Waals surface area contributed by atoms with E-state index < -0.39 is 10.0 Å². The molecule has 0 fully saturated rings. The molecule has 0 aromatic heterocycles. The minimum atomic E-state index is -3.55. The highest BCUT2D eigenvalue weighted by atomic mass is 35.5. The highest BCUT2D eigenvalue weighted by Crippen LogP contribution is 2.16. The molecule has 0 aliphatic rings. The van der Waals surface area contributed by atoms with Gasteiger partial charge in [0, 0.05) is 22.3 Å². The fourth-order valence-corrected chi connectivity index (χ4v) is 3.39. The van der Waals surface area contributed by atoms with Gasteiger partial charge in [-0.25, -0.2) is 13.1 Å². The molecule has 0 heterocycles. The third-order valence-electron chi connectivity index (χ3n) is 3.50. The van der Waals surface area contributed by atoms with E-state index >= 15 is 0 Å². The molecule has 0 aliphatic carbocycles. The molecule has 2 rings (SSSR count). The number of hydrogen-bond acceptors (Lipinski definition) is 3. The van der Waals surface area contributed by atoms with Gasteiger partial charge in [0.05, 0.1) is 4.90 Å². The molecule has 1 amide bonds. The van der Waals surface area contributed by atoms with Gasteiger partial charge in [0.15, 0.2) is 0 Å². The van der Waals surface area contributed by atoms with Crippen LogP contribution >= 0.6 is 11.6 Å². The van der Waals surface area contributed by atoms with Crippen LogP contribution in [0.15, 0.2) is 53.4 Å². The van der Waals surface area contributed by atoms with Crippen LogP contribution in [0, 0.1) is 0 Å². The van der Waals surface area contributed by atoms with Crippen LogP contribution in [0.25, 0.3) is 0 Å². The molecule has 128 valence electrons. The third-order valence-corrected chi connectivity index (χ3v) is 5.36. The maximum atomic E-state index is 12.2. The van der Waals surface area contributed by atoms with Gasteiger partial charge >= 0.3 is 0 Å². The fraction of sp³-hybridized carbons (Fsp3) is 0.235. The van der Waals surface area contributed by atoms with Crippen LogP contribution in [-0.4, -0.2) is 20.4 Å². The predicted molar refractivity (Wildman–Crippen MR) is 95.9 cm³/mol. The fourth-order valence-electron chi connectivity index (χ4n) is 1.94. The second-order valence-electron chi connectivity index (χ2n) is 5.42. The lowest BCUT2D eigenvalue weighted by atomic mass is 10.2. The molecule has 0 unspecified atom stereocenters. The Hall–Kier alpha value is -1.89. The van der Waals surface area contributed by atoms with E-state index in [4.69, 9.17) is 11.6 Å². The first kappa shape index (κ1) is 18.4. The van der Waals surface area contributed by atoms with Crippen molar-refractivity contribution in [2.75, 3.05) is 5.32 Å². The van der Waals surface area contributed by atoms with Crippen LogP contribution in [-0.2, 0) is 10.0 Å². The van der Waals surface area contributed by atoms with Gasteiger partial charge in [-0.05, 0) is 61.9 Å². The maximum absolute atomic E-state index is 12.2. The van der Waals surface area contributed by atoms with Gasteiger partial charge in [-0.15, -0.1) is 0 Å². The number of benzene rings is 2. The van der Waals surface area contributed by atoms with Crippen molar-refractivity contribution in [3.63, 3.8) is 0 Å². The maximum Gasteiger partial charge on any atom is 0.255 e. The van der Waals surface area contributed by atoms with E-state index in [9.17, 15) is 13.2 Å². The second-order valence-corrected chi connectivity index (χ2v) is 7.57. The van der Waals surface area contributed by atoms with Crippen molar-refractivity contribution in [2.24, 2.45) is 0 Å². The molecular weight excluding hydrogens is 348 g/mol. The lowest BCUT2D eigenvalue weighted by Gasteiger charge is -2.12. The van der Waals surface area contributed by atoms with Crippen LogP contribution < -0.4 is 10.0 Å². The van der Waals surface area contributed by atoms with Crippen molar-refractivity contribution in [1.29, 1.82) is 0 Å². The Morgan fingerprint density at radius 3 is 2.21 bits per heavy atom. The van der Waals surface area contributed by atoms with E-state index in [2.05, 4.69) is 10.0 Å². The topological polar surface area (TPSA) is 75.3 Å². The van der Waals surface area contributed by atoms with Crippen LogP contribution in [0.3, 0.4) is 0 Å². The minimum absolute atomic E-state index is 0.140. The summed E-state index contributed by atoms with van der Waals surface area (Å²) in [7, 11) is -3.55. The highest BCUT2D eigenvalue weighted by Gasteiger charge is 2.16. The molecular formula is C17H19ClN2O3S. The molecule has 0 bridgehead atoms. The monoisotopic (exact) mass is 366 g/mol. The van der Waals surface area contributed by atoms with Crippen molar-refractivity contribution in [3.05, 3.63) is 59.1 Å². The Kier molecular flexibility index (Phi) is 5.99. The summed E-state index contributed by atoms with van der Waals surface area (Å²) in [5.74, 6) is -0.292. The zero-order valence-electron chi connectivity index (χ0n) is 13.4. The predicted octanol–water partition coefficient (Wildman–Crippen LogP) is 3.67. The number of carbonyl (C=O) groups is 1. The van der Waals surface area contributed by atoms with Crippen molar-refractivity contribution in [2.45, 2.75) is 31.2 Å². The van der Waals surface area contributed by atoms with Crippen molar-refractivity contribution < 1.29 is 13.2 Å². The van der Waals surface area contributed by atoms with Gasteiger partial charge in [0.2, 0.25) is 10.0 Å². The van der Waals surface area contributed by atoms with Crippen molar-refractivity contribution >= 4 is 33.2 Å². The molecule has 0 saturated carbocycles. The molecule has 2 aromatic rings. The van der Waals surface area contributed by atoms with Crippen LogP contribution in [0.1, 0.15) is 30.6 Å². The van der Waals surface area contributed by atoms with Gasteiger partial charge in [0.25, 0.3) is 5.91 Å². The number of nitrogens with one attached hydrogen (secondary N) is 2. The average molecular weight is 367 g/mol. The van der Waals surface area contributed by atoms with Gasteiger partial charge < -0.3 is 5.32 Å². The van der Waals surface area contributed by atoms with Crippen LogP contribution in [0.2, 0.25) is 5.02 Å². The molecule has 24 heavy (non-hydrogen) atoms. The lowest BCUT2D eigenvalue weighted by molar-refractivity contribution is 0.102. The number of carbonyl (C=O) groups excluding carboxylic acids is 1. The standard InChI is InChI=1S/C17H19ClN2O3S/c1-3-12(2)20-24(22,23)16-10-8-15(9-11-16)19-17(21)13-4-6-14(18)7-5-13/h4-12,20H,3H2,1-2H3,(H,19,21)/t12-/m1/s1. The van der Waals surface area contributed by atoms with Gasteiger partial charge in [0.1, 0.15) is 0 Å². The van der Waals surface area contributed by atoms with Crippen LogP contribution in [0.5, 0.6) is 0 Å². The normalized spacial score (nSPS) is 12.6. The highest BCUT2D eigenvalue weighted by molar-refractivity contribution is 7.89. The summed E-state index contributed by atoms with van der Waals surface area (Å²) < 4.78 is 26.9. The molecule has 1 atom stereocenters. The number of sulfonamides is 1. The summed E-state index contributed by atoms with van der Waals surface area (Å²) in [5.41, 5.74) is 0.979. The zero-order valence-corrected chi connectivity index (χ0v) is 15.0. The van der Waals surface area contributed by atoms with E-state index in [0.29, 0.717) is 22.7 Å². The first-order valence-electron chi connectivity index (χ1n) is 7.51. The Morgan fingerprint density at radius 1 is 1.08 bits per heavy atom. The lowest BCUT2D eigenvalue weighted by Crippen LogP contribution is -2.31. The molecule has 0 radical (unpaired) electrons. The first-order valence-corrected chi connectivity index (χ1v) is 9.37. The molecule has 2 N–H and O–H groups in total. The summed E-state index contributed by atoms with van der Waals surface area (Å²) in [6.07, 6.45) is 0.703. The minimum Gasteiger partial charge on any atom is -0.322 e. The van der Waals surface area contributed by atoms with Gasteiger partial charge in [-0.3, -0.25) is 4.79 Å². The summed E-state index contributed by atoms with van der Waals surface area (Å²) in [6.45, 7) is 3.71. The largest absolute Gasteiger partial charge is 0.322 e. The number of rotatable bonds is 6. The van der Waals surface area contributed by atoms with Crippen LogP contribution in [0.4, 0.5) is 5.69 Å². The quantitative estimate of drug-likeness (QED) is 0.819. The average Bonchev–Trinajstić information content (AvgIpc) is 2.55. The van der Waals surface area contributed by atoms with Crippen molar-refractivity contribution in [3.8, 4) is 0 Å². The Balaban J connectivity index is 2.09. The summed E-state index contributed by atoms with van der Waals surface area (Å²) in [4.78, 5) is 12.3. The second kappa shape index (κ2) is 7.79. The molecule has 2 aromatic carbocycles. The molecule has 0 saturated heterocycles. The molecule has 5 nitrogen and oxygen atoms in total. The summed E-state index contributed by atoms with van der Waals surface area (Å²) in [5, 5.41) is 3.26. The van der Waals surface area contributed by atoms with E-state index in [1.165, 1.54) is 12.1 Å². The summed E-state index contributed by atoms with van der Waals surface area (Å²) >= 11 is 5.79. The van der Waals surface area contributed by atoms with E-state index in [1.54, 1.807) is 43.3 Å². The van der Waals surface area contributed by atoms with Gasteiger partial charge in [-0.2, -0.15) is 0 Å². The number of hydrogen-bond donors (Lipinski definition) is 2. The van der Waals surface area contributed by atoms with Gasteiger partial charge in [-0.1, -0.05) is 18.5 Å². The SMILES string of the molecule is CC[C@@H](C)NS(=O)(=O)c1ccc(NC(=O)c2ccc(Cl)cc2)cc1. The Morgan fingerprint density at radius 2 is 1.67 bits per heavy atom. The third kappa shape index (κ3) is 4.80. The smallest absolute Gasteiger partial charge is 0.255 e. The van der Waals surface area contributed by atoms with E-state index in [-0.39, 0.29) is 16.8 Å². The molecule has 0 spiro atoms. The van der Waals surface area contributed by atoms with Crippen molar-refractivity contribution in [1.82, 2.24) is 4.72 Å². The Bertz CT molecular complexity index is 803.